The van der Waals surface area contributed by atoms with Crippen molar-refractivity contribution in [2.75, 3.05) is 23.3 Å². The molecule has 1 saturated heterocycles. The summed E-state index contributed by atoms with van der Waals surface area (Å²) in [6.45, 7) is 1.35. The number of benzene rings is 1. The Morgan fingerprint density at radius 2 is 1.81 bits per heavy atom. The summed E-state index contributed by atoms with van der Waals surface area (Å²) in [4.78, 5) is 26.1. The summed E-state index contributed by atoms with van der Waals surface area (Å²) in [6, 6.07) is 7.71. The fourth-order valence-electron chi connectivity index (χ4n) is 4.69. The van der Waals surface area contributed by atoms with Crippen LogP contribution in [0, 0.1) is 17.8 Å². The number of hydrogen-bond donors (Lipinski definition) is 3. The van der Waals surface area contributed by atoms with Crippen LogP contribution in [0.15, 0.2) is 24.3 Å². The van der Waals surface area contributed by atoms with Gasteiger partial charge in [-0.3, -0.25) is 9.69 Å². The highest BCUT2D eigenvalue weighted by Crippen LogP contribution is 2.42. The minimum atomic E-state index is -0.0677. The first-order valence-corrected chi connectivity index (χ1v) is 9.33. The lowest BCUT2D eigenvalue weighted by Gasteiger charge is -2.43. The van der Waals surface area contributed by atoms with E-state index in [0.717, 1.165) is 37.1 Å². The lowest BCUT2D eigenvalue weighted by atomic mass is 9.65. The van der Waals surface area contributed by atoms with Gasteiger partial charge in [0.05, 0.1) is 0 Å². The topological polar surface area (TPSA) is 87.5 Å². The maximum atomic E-state index is 12.7. The van der Waals surface area contributed by atoms with Crippen molar-refractivity contribution in [3.63, 3.8) is 0 Å². The Balaban J connectivity index is 0.00000196. The molecule has 4 N–H and O–H groups in total. The van der Waals surface area contributed by atoms with Gasteiger partial charge in [-0.1, -0.05) is 6.42 Å². The van der Waals surface area contributed by atoms with Crippen LogP contribution < -0.4 is 21.3 Å². The van der Waals surface area contributed by atoms with E-state index >= 15 is 0 Å². The van der Waals surface area contributed by atoms with Crippen molar-refractivity contribution >= 4 is 35.7 Å². The van der Waals surface area contributed by atoms with E-state index in [1.807, 2.05) is 24.3 Å². The number of nitrogens with zero attached hydrogens (tertiary/aromatic N) is 1. The fraction of sp³-hybridized carbons (Fsp3) is 0.579. The number of hydrogen-bond acceptors (Lipinski definition) is 3. The molecule has 6 nitrogen and oxygen atoms in total. The second-order valence-corrected chi connectivity index (χ2v) is 7.62. The second kappa shape index (κ2) is 7.84. The molecule has 0 spiro atoms. The number of anilines is 2. The number of nitrogens with two attached hydrogens (primary N) is 1. The van der Waals surface area contributed by atoms with Crippen LogP contribution in [0.5, 0.6) is 0 Å². The van der Waals surface area contributed by atoms with Crippen molar-refractivity contribution in [1.82, 2.24) is 5.32 Å². The monoisotopic (exact) mass is 378 g/mol. The zero-order valence-electron chi connectivity index (χ0n) is 14.8. The number of fused-ring (bicyclic) bond motifs is 2. The first-order chi connectivity index (χ1) is 12.1. The zero-order valence-corrected chi connectivity index (χ0v) is 15.6. The minimum absolute atomic E-state index is 0. The molecular weight excluding hydrogens is 352 g/mol. The number of rotatable bonds is 3. The Labute approximate surface area is 160 Å². The van der Waals surface area contributed by atoms with Gasteiger partial charge < -0.3 is 16.4 Å². The summed E-state index contributed by atoms with van der Waals surface area (Å²) in [5, 5.41) is 5.83. The lowest BCUT2D eigenvalue weighted by molar-refractivity contribution is -0.122. The third kappa shape index (κ3) is 3.67. The van der Waals surface area contributed by atoms with Gasteiger partial charge >= 0.3 is 6.03 Å². The number of halogens is 1. The lowest BCUT2D eigenvalue weighted by Crippen LogP contribution is -2.48. The molecule has 1 heterocycles. The summed E-state index contributed by atoms with van der Waals surface area (Å²) >= 11 is 0. The average molecular weight is 379 g/mol. The first-order valence-electron chi connectivity index (χ1n) is 9.33. The highest BCUT2D eigenvalue weighted by Gasteiger charge is 2.40. The van der Waals surface area contributed by atoms with Crippen LogP contribution in [0.1, 0.15) is 32.1 Å². The van der Waals surface area contributed by atoms with E-state index in [0.29, 0.717) is 24.9 Å². The number of urea groups is 1. The Morgan fingerprint density at radius 1 is 1.15 bits per heavy atom. The molecule has 2 saturated carbocycles. The summed E-state index contributed by atoms with van der Waals surface area (Å²) in [7, 11) is 0. The number of nitrogens with one attached hydrogen (secondary N) is 2. The van der Waals surface area contributed by atoms with Gasteiger partial charge in [-0.15, -0.1) is 12.4 Å². The SMILES string of the molecule is Cl.NC1C2CCCC1CC(C(=O)Nc1ccc(N3CCNC3=O)cc1)C2. The smallest absolute Gasteiger partial charge is 0.321 e. The van der Waals surface area contributed by atoms with E-state index < -0.39 is 0 Å². The molecule has 3 fully saturated rings. The van der Waals surface area contributed by atoms with Gasteiger partial charge in [0.1, 0.15) is 0 Å². The molecule has 7 heteroatoms. The van der Waals surface area contributed by atoms with Crippen LogP contribution in [0.4, 0.5) is 16.2 Å². The summed E-state index contributed by atoms with van der Waals surface area (Å²) in [5.74, 6) is 1.17. The molecule has 26 heavy (non-hydrogen) atoms. The van der Waals surface area contributed by atoms with E-state index in [4.69, 9.17) is 5.73 Å². The van der Waals surface area contributed by atoms with Gasteiger partial charge in [0.25, 0.3) is 0 Å². The van der Waals surface area contributed by atoms with Crippen LogP contribution in [0.25, 0.3) is 0 Å². The second-order valence-electron chi connectivity index (χ2n) is 7.62. The van der Waals surface area contributed by atoms with E-state index in [1.54, 1.807) is 4.90 Å². The molecule has 142 valence electrons. The van der Waals surface area contributed by atoms with Crippen LogP contribution >= 0.6 is 12.4 Å². The Kier molecular flexibility index (Phi) is 5.73. The first kappa shape index (κ1) is 19.0. The fourth-order valence-corrected chi connectivity index (χ4v) is 4.69. The molecule has 1 aromatic carbocycles. The molecule has 2 unspecified atom stereocenters. The zero-order chi connectivity index (χ0) is 17.4. The van der Waals surface area contributed by atoms with E-state index in [1.165, 1.54) is 6.42 Å². The number of amides is 3. The minimum Gasteiger partial charge on any atom is -0.336 e. The van der Waals surface area contributed by atoms with Crippen molar-refractivity contribution in [1.29, 1.82) is 0 Å². The molecule has 3 amide bonds. The maximum Gasteiger partial charge on any atom is 0.321 e. The molecule has 1 aliphatic heterocycles. The summed E-state index contributed by atoms with van der Waals surface area (Å²) in [6.07, 6.45) is 5.40. The normalized spacial score (nSPS) is 30.3. The van der Waals surface area contributed by atoms with Crippen LogP contribution in [0.2, 0.25) is 0 Å². The number of carbonyl (C=O) groups is 2. The van der Waals surface area contributed by atoms with Gasteiger partial charge in [-0.2, -0.15) is 0 Å². The third-order valence-electron chi connectivity index (χ3n) is 6.09. The predicted octanol–water partition coefficient (Wildman–Crippen LogP) is 2.73. The standard InChI is InChI=1S/C19H26N4O2.ClH/c20-17-12-2-1-3-13(17)11-14(10-12)18(24)22-15-4-6-16(7-5-15)23-9-8-21-19(23)25;/h4-7,12-14,17H,1-3,8-11,20H2,(H,21,25)(H,22,24);1H. The van der Waals surface area contributed by atoms with Gasteiger partial charge in [0.15, 0.2) is 0 Å². The van der Waals surface area contributed by atoms with Gasteiger partial charge in [0, 0.05) is 36.4 Å². The predicted molar refractivity (Wildman–Crippen MR) is 105 cm³/mol. The number of carbonyl (C=O) groups excluding carboxylic acids is 2. The van der Waals surface area contributed by atoms with E-state index in [-0.39, 0.29) is 36.3 Å². The molecule has 4 rings (SSSR count). The van der Waals surface area contributed by atoms with Gasteiger partial charge in [-0.25, -0.2) is 4.79 Å². The molecular formula is C19H27ClN4O2. The van der Waals surface area contributed by atoms with Crippen LogP contribution in [-0.4, -0.2) is 31.1 Å². The summed E-state index contributed by atoms with van der Waals surface area (Å²) in [5.41, 5.74) is 7.96. The Bertz CT molecular complexity index is 652. The largest absolute Gasteiger partial charge is 0.336 e. The van der Waals surface area contributed by atoms with E-state index in [9.17, 15) is 9.59 Å². The Morgan fingerprint density at radius 3 is 2.38 bits per heavy atom. The molecule has 3 aliphatic rings. The highest BCUT2D eigenvalue weighted by atomic mass is 35.5. The molecule has 0 aromatic heterocycles. The highest BCUT2D eigenvalue weighted by molar-refractivity contribution is 5.95. The molecule has 2 bridgehead atoms. The van der Waals surface area contributed by atoms with Gasteiger partial charge in [-0.05, 0) is 61.8 Å². The van der Waals surface area contributed by atoms with Crippen LogP contribution in [0.3, 0.4) is 0 Å². The molecule has 2 aliphatic carbocycles. The molecule has 0 radical (unpaired) electrons. The quantitative estimate of drug-likeness (QED) is 0.755. The van der Waals surface area contributed by atoms with Gasteiger partial charge in [0.2, 0.25) is 5.91 Å². The van der Waals surface area contributed by atoms with Crippen molar-refractivity contribution < 1.29 is 9.59 Å². The molecule has 2 atom stereocenters. The molecule has 1 aromatic rings. The summed E-state index contributed by atoms with van der Waals surface area (Å²) < 4.78 is 0. The van der Waals surface area contributed by atoms with Crippen molar-refractivity contribution in [3.05, 3.63) is 24.3 Å². The van der Waals surface area contributed by atoms with E-state index in [2.05, 4.69) is 10.6 Å². The Hall–Kier alpha value is -1.79. The van der Waals surface area contributed by atoms with Crippen LogP contribution in [-0.2, 0) is 4.79 Å². The van der Waals surface area contributed by atoms with Crippen molar-refractivity contribution in [3.8, 4) is 0 Å². The van der Waals surface area contributed by atoms with Crippen molar-refractivity contribution in [2.45, 2.75) is 38.1 Å². The third-order valence-corrected chi connectivity index (χ3v) is 6.09. The maximum absolute atomic E-state index is 12.7. The average Bonchev–Trinajstić information content (AvgIpc) is 3.01. The van der Waals surface area contributed by atoms with Crippen molar-refractivity contribution in [2.24, 2.45) is 23.5 Å².